The Morgan fingerprint density at radius 2 is 1.90 bits per heavy atom. The molecule has 1 unspecified atom stereocenters. The molecule has 14 heteroatoms. The van der Waals surface area contributed by atoms with E-state index in [4.69, 9.17) is 0 Å². The number of anilines is 3. The SMILES string of the molecule is O=C(Cc1cccc(OC(F)(F)F)c1)Nc1ccc(N2CCC(c3nnc(NC(=O)CC4C=CC=CN4)s3)CC2)cn1. The van der Waals surface area contributed by atoms with E-state index in [1.807, 2.05) is 30.5 Å². The number of benzene rings is 1. The summed E-state index contributed by atoms with van der Waals surface area (Å²) in [6, 6.07) is 8.82. The number of ether oxygens (including phenoxy) is 1. The number of alkyl halides is 3. The molecule has 0 aliphatic carbocycles. The van der Waals surface area contributed by atoms with Gasteiger partial charge in [0, 0.05) is 19.0 Å². The number of carbonyl (C=O) groups excluding carboxylic acids is 2. The van der Waals surface area contributed by atoms with Crippen molar-refractivity contribution >= 4 is 39.8 Å². The van der Waals surface area contributed by atoms with E-state index in [2.05, 4.69) is 40.8 Å². The third-order valence-electron chi connectivity index (χ3n) is 6.67. The molecule has 1 aromatic carbocycles. The van der Waals surface area contributed by atoms with E-state index in [0.717, 1.165) is 36.6 Å². The van der Waals surface area contributed by atoms with Gasteiger partial charge >= 0.3 is 6.36 Å². The second-order valence-corrected chi connectivity index (χ2v) is 10.8. The molecule has 2 aromatic heterocycles. The van der Waals surface area contributed by atoms with Gasteiger partial charge in [0.1, 0.15) is 16.6 Å². The lowest BCUT2D eigenvalue weighted by atomic mass is 9.97. The number of carbonyl (C=O) groups is 2. The van der Waals surface area contributed by atoms with Gasteiger partial charge in [0.15, 0.2) is 0 Å². The van der Waals surface area contributed by atoms with Gasteiger partial charge in [-0.15, -0.1) is 23.4 Å². The molecule has 2 aliphatic rings. The van der Waals surface area contributed by atoms with Crippen LogP contribution in [0.3, 0.4) is 0 Å². The zero-order valence-corrected chi connectivity index (χ0v) is 23.1. The number of allylic oxidation sites excluding steroid dienone is 2. The topological polar surface area (TPSA) is 121 Å². The highest BCUT2D eigenvalue weighted by Crippen LogP contribution is 2.33. The number of hydrogen-bond acceptors (Lipinski definition) is 9. The standard InChI is InChI=1S/C28H28F3N7O3S/c29-28(30,31)41-22-6-3-4-18(14-22)15-24(39)34-23-8-7-21(17-33-23)38-12-9-19(10-13-38)26-36-37-27(42-26)35-25(40)16-20-5-1-2-11-32-20/h1-8,11,14,17,19-20,32H,9-10,12-13,15-16H2,(H,33,34,39)(H,35,37,40). The van der Waals surface area contributed by atoms with Crippen LogP contribution in [0.4, 0.5) is 29.8 Å². The molecular formula is C28H28F3N7O3S. The summed E-state index contributed by atoms with van der Waals surface area (Å²) in [7, 11) is 0. The maximum absolute atomic E-state index is 12.5. The van der Waals surface area contributed by atoms with Crippen molar-refractivity contribution in [2.75, 3.05) is 28.6 Å². The molecule has 0 radical (unpaired) electrons. The highest BCUT2D eigenvalue weighted by atomic mass is 32.1. The largest absolute Gasteiger partial charge is 0.573 e. The average molecular weight is 600 g/mol. The number of rotatable bonds is 9. The summed E-state index contributed by atoms with van der Waals surface area (Å²) < 4.78 is 41.3. The van der Waals surface area contributed by atoms with Crippen LogP contribution in [-0.4, -0.2) is 52.5 Å². The normalized spacial score (nSPS) is 17.0. The van der Waals surface area contributed by atoms with Gasteiger partial charge in [-0.05, 0) is 54.9 Å². The van der Waals surface area contributed by atoms with Crippen molar-refractivity contribution < 1.29 is 27.5 Å². The Balaban J connectivity index is 1.07. The Kier molecular flexibility index (Phi) is 9.00. The van der Waals surface area contributed by atoms with E-state index in [1.165, 1.54) is 29.5 Å². The number of nitrogens with one attached hydrogen (secondary N) is 3. The molecule has 1 fully saturated rings. The van der Waals surface area contributed by atoms with E-state index in [-0.39, 0.29) is 30.0 Å². The molecule has 10 nitrogen and oxygen atoms in total. The lowest BCUT2D eigenvalue weighted by Gasteiger charge is -2.32. The molecule has 220 valence electrons. The molecule has 42 heavy (non-hydrogen) atoms. The van der Waals surface area contributed by atoms with E-state index in [0.29, 0.717) is 22.9 Å². The summed E-state index contributed by atoms with van der Waals surface area (Å²) in [5, 5.41) is 18.5. The first kappa shape index (κ1) is 29.0. The fraction of sp³-hybridized carbons (Fsp3) is 0.321. The minimum atomic E-state index is -4.80. The van der Waals surface area contributed by atoms with Crippen molar-refractivity contribution in [1.29, 1.82) is 0 Å². The fourth-order valence-electron chi connectivity index (χ4n) is 4.69. The van der Waals surface area contributed by atoms with Gasteiger partial charge in [-0.3, -0.25) is 9.59 Å². The number of hydrogen-bond donors (Lipinski definition) is 3. The van der Waals surface area contributed by atoms with Gasteiger partial charge in [-0.2, -0.15) is 0 Å². The average Bonchev–Trinajstić information content (AvgIpc) is 3.41. The maximum Gasteiger partial charge on any atom is 0.573 e. The molecule has 5 rings (SSSR count). The van der Waals surface area contributed by atoms with Crippen molar-refractivity contribution in [2.24, 2.45) is 0 Å². The highest BCUT2D eigenvalue weighted by Gasteiger charge is 2.31. The molecular weight excluding hydrogens is 571 g/mol. The minimum Gasteiger partial charge on any atom is -0.406 e. The van der Waals surface area contributed by atoms with Crippen LogP contribution in [0.15, 0.2) is 67.0 Å². The van der Waals surface area contributed by atoms with E-state index in [1.54, 1.807) is 18.3 Å². The number of nitrogens with zero attached hydrogens (tertiary/aromatic N) is 4. The second-order valence-electron chi connectivity index (χ2n) is 9.80. The van der Waals surface area contributed by atoms with E-state index in [9.17, 15) is 22.8 Å². The number of piperidine rings is 1. The third kappa shape index (κ3) is 8.28. The van der Waals surface area contributed by atoms with Gasteiger partial charge in [-0.1, -0.05) is 35.6 Å². The summed E-state index contributed by atoms with van der Waals surface area (Å²) in [5.41, 5.74) is 1.29. The van der Waals surface area contributed by atoms with E-state index >= 15 is 0 Å². The summed E-state index contributed by atoms with van der Waals surface area (Å²) in [6.45, 7) is 1.56. The number of halogens is 3. The lowest BCUT2D eigenvalue weighted by Crippen LogP contribution is -2.32. The molecule has 4 heterocycles. The first-order valence-corrected chi connectivity index (χ1v) is 14.1. The number of aromatic nitrogens is 3. The molecule has 2 amide bonds. The van der Waals surface area contributed by atoms with Gasteiger partial charge in [0.25, 0.3) is 0 Å². The highest BCUT2D eigenvalue weighted by molar-refractivity contribution is 7.15. The van der Waals surface area contributed by atoms with Gasteiger partial charge in [0.2, 0.25) is 16.9 Å². The quantitative estimate of drug-likeness (QED) is 0.322. The number of amides is 2. The Hall–Kier alpha value is -4.46. The van der Waals surface area contributed by atoms with Crippen molar-refractivity contribution in [1.82, 2.24) is 20.5 Å². The summed E-state index contributed by atoms with van der Waals surface area (Å²) >= 11 is 1.40. The molecule has 0 saturated carbocycles. The fourth-order valence-corrected chi connectivity index (χ4v) is 5.62. The first-order chi connectivity index (χ1) is 20.2. The maximum atomic E-state index is 12.5. The minimum absolute atomic E-state index is 0.0421. The van der Waals surface area contributed by atoms with Gasteiger partial charge in [0.05, 0.1) is 30.8 Å². The Labute approximate surface area is 243 Å². The predicted octanol–water partition coefficient (Wildman–Crippen LogP) is 4.77. The first-order valence-electron chi connectivity index (χ1n) is 13.3. The molecule has 1 saturated heterocycles. The molecule has 0 spiro atoms. The molecule has 3 N–H and O–H groups in total. The van der Waals surface area contributed by atoms with Crippen molar-refractivity contribution in [3.63, 3.8) is 0 Å². The summed E-state index contributed by atoms with van der Waals surface area (Å²) in [4.78, 5) is 31.3. The second kappa shape index (κ2) is 13.0. The zero-order valence-electron chi connectivity index (χ0n) is 22.3. The van der Waals surface area contributed by atoms with Crippen LogP contribution in [0.1, 0.15) is 35.8 Å². The Bertz CT molecular complexity index is 1450. The monoisotopic (exact) mass is 599 g/mol. The smallest absolute Gasteiger partial charge is 0.406 e. The predicted molar refractivity (Wildman–Crippen MR) is 152 cm³/mol. The van der Waals surface area contributed by atoms with Crippen molar-refractivity contribution in [3.05, 3.63) is 77.6 Å². The van der Waals surface area contributed by atoms with Gasteiger partial charge in [-0.25, -0.2) is 4.98 Å². The molecule has 2 aliphatic heterocycles. The van der Waals surface area contributed by atoms with Crippen LogP contribution in [-0.2, 0) is 16.0 Å². The third-order valence-corrected chi connectivity index (χ3v) is 7.68. The van der Waals surface area contributed by atoms with Crippen LogP contribution in [0, 0.1) is 0 Å². The lowest BCUT2D eigenvalue weighted by molar-refractivity contribution is -0.274. The number of dihydropyridines is 1. The molecule has 3 aromatic rings. The van der Waals surface area contributed by atoms with Crippen LogP contribution < -0.4 is 25.6 Å². The van der Waals surface area contributed by atoms with Crippen molar-refractivity contribution in [2.45, 2.75) is 44.0 Å². The van der Waals surface area contributed by atoms with Crippen LogP contribution in [0.25, 0.3) is 0 Å². The summed E-state index contributed by atoms with van der Waals surface area (Å²) in [6.07, 6.45) is 6.30. The van der Waals surface area contributed by atoms with Crippen LogP contribution in [0.2, 0.25) is 0 Å². The van der Waals surface area contributed by atoms with Gasteiger partial charge < -0.3 is 25.6 Å². The Morgan fingerprint density at radius 1 is 1.07 bits per heavy atom. The molecule has 0 bridgehead atoms. The van der Waals surface area contributed by atoms with Crippen LogP contribution >= 0.6 is 11.3 Å². The van der Waals surface area contributed by atoms with E-state index < -0.39 is 12.3 Å². The molecule has 1 atom stereocenters. The van der Waals surface area contributed by atoms with Crippen LogP contribution in [0.5, 0.6) is 5.75 Å². The number of pyridine rings is 1. The zero-order chi connectivity index (χ0) is 29.5. The Morgan fingerprint density at radius 3 is 2.62 bits per heavy atom. The summed E-state index contributed by atoms with van der Waals surface area (Å²) in [5.74, 6) is -0.328. The van der Waals surface area contributed by atoms with Crippen molar-refractivity contribution in [3.8, 4) is 5.75 Å².